The molecule has 8 nitrogen and oxygen atoms in total. The maximum Gasteiger partial charge on any atom is 0.414 e. The smallest absolute Gasteiger partial charge is 0.414 e. The third kappa shape index (κ3) is 4.29. The van der Waals surface area contributed by atoms with E-state index < -0.39 is 5.97 Å². The summed E-state index contributed by atoms with van der Waals surface area (Å²) in [7, 11) is 3.06. The fourth-order valence-electron chi connectivity index (χ4n) is 5.90. The van der Waals surface area contributed by atoms with E-state index in [2.05, 4.69) is 4.57 Å². The lowest BCUT2D eigenvalue weighted by molar-refractivity contribution is -0.143. The van der Waals surface area contributed by atoms with Gasteiger partial charge in [-0.1, -0.05) is 18.6 Å². The first-order valence-electron chi connectivity index (χ1n) is 12.7. The lowest BCUT2D eigenvalue weighted by atomic mass is 9.85. The number of rotatable bonds is 5. The SMILES string of the molecule is COC(=O)N1c2ccc3c(nc(Cc4ccc(OC)cc4)n3[C@@H]3CCC[C@@H](C(=O)O)C3)c2CCC1C. The molecule has 2 heterocycles. The van der Waals surface area contributed by atoms with Gasteiger partial charge < -0.3 is 19.1 Å². The summed E-state index contributed by atoms with van der Waals surface area (Å²) in [6.07, 6.45) is 5.02. The van der Waals surface area contributed by atoms with Crippen LogP contribution in [0, 0.1) is 5.92 Å². The van der Waals surface area contributed by atoms with Crippen molar-refractivity contribution < 1.29 is 24.2 Å². The van der Waals surface area contributed by atoms with E-state index >= 15 is 0 Å². The molecule has 1 aliphatic carbocycles. The number of benzene rings is 2. The van der Waals surface area contributed by atoms with E-state index in [1.807, 2.05) is 43.3 Å². The molecule has 2 aromatic carbocycles. The number of fused-ring (bicyclic) bond motifs is 3. The van der Waals surface area contributed by atoms with Gasteiger partial charge in [0.15, 0.2) is 0 Å². The highest BCUT2D eigenvalue weighted by atomic mass is 16.5. The second-order valence-electron chi connectivity index (χ2n) is 9.94. The van der Waals surface area contributed by atoms with Crippen molar-refractivity contribution in [3.8, 4) is 5.75 Å². The van der Waals surface area contributed by atoms with Gasteiger partial charge in [-0.15, -0.1) is 0 Å². The molecule has 2 aliphatic rings. The fourth-order valence-corrected chi connectivity index (χ4v) is 5.90. The molecular formula is C28H33N3O5. The van der Waals surface area contributed by atoms with Gasteiger partial charge in [-0.3, -0.25) is 9.69 Å². The molecule has 3 aromatic rings. The van der Waals surface area contributed by atoms with Gasteiger partial charge in [-0.05, 0) is 68.9 Å². The highest BCUT2D eigenvalue weighted by molar-refractivity contribution is 5.95. The van der Waals surface area contributed by atoms with Crippen LogP contribution < -0.4 is 9.64 Å². The van der Waals surface area contributed by atoms with Gasteiger partial charge in [0.25, 0.3) is 0 Å². The van der Waals surface area contributed by atoms with Crippen LogP contribution in [-0.2, 0) is 22.4 Å². The summed E-state index contributed by atoms with van der Waals surface area (Å²) in [4.78, 5) is 31.3. The molecule has 1 N–H and O–H groups in total. The van der Waals surface area contributed by atoms with Crippen molar-refractivity contribution in [2.24, 2.45) is 5.92 Å². The topological polar surface area (TPSA) is 93.9 Å². The Balaban J connectivity index is 1.63. The van der Waals surface area contributed by atoms with E-state index in [0.717, 1.165) is 65.1 Å². The lowest BCUT2D eigenvalue weighted by Crippen LogP contribution is -2.42. The number of nitrogens with zero attached hydrogens (tertiary/aromatic N) is 3. The maximum absolute atomic E-state index is 12.6. The zero-order valence-electron chi connectivity index (χ0n) is 21.1. The van der Waals surface area contributed by atoms with E-state index in [9.17, 15) is 14.7 Å². The largest absolute Gasteiger partial charge is 0.497 e. The van der Waals surface area contributed by atoms with Crippen LogP contribution in [0.3, 0.4) is 0 Å². The summed E-state index contributed by atoms with van der Waals surface area (Å²) in [5.74, 6) is 0.655. The molecule has 0 radical (unpaired) electrons. The molecule has 190 valence electrons. The molecule has 36 heavy (non-hydrogen) atoms. The predicted octanol–water partition coefficient (Wildman–Crippen LogP) is 5.36. The number of carboxylic acid groups (broad SMARTS) is 1. The second-order valence-corrected chi connectivity index (χ2v) is 9.94. The second kappa shape index (κ2) is 9.84. The van der Waals surface area contributed by atoms with Gasteiger partial charge in [0.2, 0.25) is 0 Å². The molecule has 8 heteroatoms. The molecule has 1 fully saturated rings. The van der Waals surface area contributed by atoms with E-state index in [0.29, 0.717) is 19.3 Å². The minimum absolute atomic E-state index is 0.0397. The zero-order valence-corrected chi connectivity index (χ0v) is 21.1. The van der Waals surface area contributed by atoms with Crippen LogP contribution in [0.25, 0.3) is 11.0 Å². The Hall–Kier alpha value is -3.55. The molecule has 3 atom stereocenters. The molecule has 5 rings (SSSR count). The molecule has 0 saturated heterocycles. The van der Waals surface area contributed by atoms with Gasteiger partial charge in [0.1, 0.15) is 11.6 Å². The Kier molecular flexibility index (Phi) is 6.60. The molecule has 0 spiro atoms. The fraction of sp³-hybridized carbons (Fsp3) is 0.464. The van der Waals surface area contributed by atoms with Crippen molar-refractivity contribution in [2.45, 2.75) is 64.0 Å². The van der Waals surface area contributed by atoms with Gasteiger partial charge >= 0.3 is 12.1 Å². The van der Waals surface area contributed by atoms with Crippen molar-refractivity contribution >= 4 is 28.8 Å². The molecular weight excluding hydrogens is 458 g/mol. The minimum atomic E-state index is -0.721. The number of hydrogen-bond donors (Lipinski definition) is 1. The number of anilines is 1. The number of aliphatic carboxylic acids is 1. The summed E-state index contributed by atoms with van der Waals surface area (Å²) in [6, 6.07) is 12.1. The number of aromatic nitrogens is 2. The number of carbonyl (C=O) groups excluding carboxylic acids is 1. The number of carboxylic acids is 1. The zero-order chi connectivity index (χ0) is 25.4. The van der Waals surface area contributed by atoms with E-state index in [1.165, 1.54) is 7.11 Å². The van der Waals surface area contributed by atoms with Crippen LogP contribution in [-0.4, -0.2) is 47.0 Å². The Morgan fingerprint density at radius 3 is 2.56 bits per heavy atom. The molecule has 1 amide bonds. The molecule has 1 aromatic heterocycles. The van der Waals surface area contributed by atoms with Gasteiger partial charge in [-0.25, -0.2) is 9.78 Å². The Labute approximate surface area is 210 Å². The van der Waals surface area contributed by atoms with Gasteiger partial charge in [-0.2, -0.15) is 0 Å². The van der Waals surface area contributed by atoms with Crippen LogP contribution >= 0.6 is 0 Å². The first-order chi connectivity index (χ1) is 17.4. The summed E-state index contributed by atoms with van der Waals surface area (Å²) >= 11 is 0. The van der Waals surface area contributed by atoms with Crippen LogP contribution in [0.2, 0.25) is 0 Å². The first kappa shape index (κ1) is 24.2. The van der Waals surface area contributed by atoms with Crippen molar-refractivity contribution in [1.29, 1.82) is 0 Å². The van der Waals surface area contributed by atoms with Gasteiger partial charge in [0.05, 0.1) is 36.9 Å². The summed E-state index contributed by atoms with van der Waals surface area (Å²) in [6.45, 7) is 2.03. The standard InChI is InChI=1S/C28H33N3O5/c1-17-7-12-22-23(30(17)28(34)36-3)13-14-24-26(22)29-25(15-18-8-10-21(35-2)11-9-18)31(24)20-6-4-5-19(16-20)27(32)33/h8-11,13-14,17,19-20H,4-7,12,15-16H2,1-3H3,(H,32,33)/t17?,19-,20-/m1/s1. The highest BCUT2D eigenvalue weighted by Crippen LogP contribution is 2.41. The Morgan fingerprint density at radius 1 is 1.08 bits per heavy atom. The van der Waals surface area contributed by atoms with Crippen molar-refractivity contribution in [2.75, 3.05) is 19.1 Å². The quantitative estimate of drug-likeness (QED) is 0.516. The number of ether oxygens (including phenoxy) is 2. The van der Waals surface area contributed by atoms with Crippen molar-refractivity contribution in [3.05, 3.63) is 53.3 Å². The van der Waals surface area contributed by atoms with Crippen molar-refractivity contribution in [3.63, 3.8) is 0 Å². The maximum atomic E-state index is 12.6. The normalized spacial score (nSPS) is 21.8. The summed E-state index contributed by atoms with van der Waals surface area (Å²) in [5, 5.41) is 9.72. The summed E-state index contributed by atoms with van der Waals surface area (Å²) in [5.41, 5.74) is 4.91. The van der Waals surface area contributed by atoms with Crippen LogP contribution in [0.4, 0.5) is 10.5 Å². The minimum Gasteiger partial charge on any atom is -0.497 e. The third-order valence-corrected chi connectivity index (χ3v) is 7.78. The van der Waals surface area contributed by atoms with Gasteiger partial charge in [0, 0.05) is 24.1 Å². The van der Waals surface area contributed by atoms with Crippen LogP contribution in [0.1, 0.15) is 62.0 Å². The van der Waals surface area contributed by atoms with E-state index in [4.69, 9.17) is 14.5 Å². The van der Waals surface area contributed by atoms with Crippen LogP contribution in [0.15, 0.2) is 36.4 Å². The van der Waals surface area contributed by atoms with Crippen molar-refractivity contribution in [1.82, 2.24) is 9.55 Å². The number of carbonyl (C=O) groups is 2. The third-order valence-electron chi connectivity index (χ3n) is 7.78. The highest BCUT2D eigenvalue weighted by Gasteiger charge is 2.34. The van der Waals surface area contributed by atoms with E-state index in [-0.39, 0.29) is 24.1 Å². The number of imidazole rings is 1. The number of aryl methyl sites for hydroxylation is 1. The number of methoxy groups -OCH3 is 2. The summed E-state index contributed by atoms with van der Waals surface area (Å²) < 4.78 is 12.7. The average Bonchev–Trinajstić information content (AvgIpc) is 3.26. The number of amides is 1. The molecule has 1 saturated carbocycles. The first-order valence-corrected chi connectivity index (χ1v) is 12.7. The predicted molar refractivity (Wildman–Crippen MR) is 137 cm³/mol. The average molecular weight is 492 g/mol. The number of hydrogen-bond acceptors (Lipinski definition) is 5. The monoisotopic (exact) mass is 491 g/mol. The Bertz CT molecular complexity index is 1280. The molecule has 1 aliphatic heterocycles. The Morgan fingerprint density at radius 2 is 1.86 bits per heavy atom. The molecule has 1 unspecified atom stereocenters. The molecule has 0 bridgehead atoms. The van der Waals surface area contributed by atoms with E-state index in [1.54, 1.807) is 12.0 Å². The van der Waals surface area contributed by atoms with Crippen LogP contribution in [0.5, 0.6) is 5.75 Å². The lowest BCUT2D eigenvalue weighted by Gasteiger charge is -2.34.